The molecule has 1 aromatic heterocycles. The van der Waals surface area contributed by atoms with Crippen LogP contribution in [0.2, 0.25) is 0 Å². The number of rotatable bonds is 4. The Morgan fingerprint density at radius 2 is 2.12 bits per heavy atom. The van der Waals surface area contributed by atoms with Crippen molar-refractivity contribution in [1.82, 2.24) is 4.57 Å². The summed E-state index contributed by atoms with van der Waals surface area (Å²) in [7, 11) is 1.73. The molecule has 3 nitrogen and oxygen atoms in total. The molecule has 0 fully saturated rings. The van der Waals surface area contributed by atoms with E-state index in [2.05, 4.69) is 35.8 Å². The molecule has 0 aliphatic rings. The minimum atomic E-state index is 0.590. The third-order valence-electron chi connectivity index (χ3n) is 2.90. The van der Waals surface area contributed by atoms with Gasteiger partial charge in [-0.15, -0.1) is 0 Å². The first-order chi connectivity index (χ1) is 7.80. The van der Waals surface area contributed by atoms with Crippen LogP contribution in [-0.2, 0) is 24.4 Å². The van der Waals surface area contributed by atoms with Crippen LogP contribution in [0.1, 0.15) is 18.2 Å². The van der Waals surface area contributed by atoms with Crippen molar-refractivity contribution in [2.24, 2.45) is 5.73 Å². The van der Waals surface area contributed by atoms with Gasteiger partial charge < -0.3 is 15.0 Å². The maximum Gasteiger partial charge on any atom is 0.0864 e. The monoisotopic (exact) mass is 218 g/mol. The number of fused-ring (bicyclic) bond motifs is 1. The summed E-state index contributed by atoms with van der Waals surface area (Å²) in [4.78, 5) is 0. The molecule has 0 saturated carbocycles. The molecule has 0 amide bonds. The average Bonchev–Trinajstić information content (AvgIpc) is 2.65. The quantitative estimate of drug-likeness (QED) is 0.855. The second-order valence-electron chi connectivity index (χ2n) is 3.91. The molecule has 2 aromatic rings. The second kappa shape index (κ2) is 4.68. The lowest BCUT2D eigenvalue weighted by Crippen LogP contribution is -2.01. The number of methoxy groups -OCH3 is 1. The Morgan fingerprint density at radius 1 is 1.31 bits per heavy atom. The topological polar surface area (TPSA) is 40.2 Å². The van der Waals surface area contributed by atoms with Crippen LogP contribution in [0.5, 0.6) is 0 Å². The molecule has 1 heterocycles. The summed E-state index contributed by atoms with van der Waals surface area (Å²) in [5, 5.41) is 1.25. The van der Waals surface area contributed by atoms with Crippen LogP contribution in [-0.4, -0.2) is 11.7 Å². The highest BCUT2D eigenvalue weighted by molar-refractivity contribution is 5.82. The standard InChI is InChI=1S/C13H18N2O/c1-3-15-12(9-16-2)7-11-6-10(8-14)4-5-13(11)15/h4-7H,3,8-9,14H2,1-2H3. The molecule has 0 saturated heterocycles. The molecular formula is C13H18N2O. The van der Waals surface area contributed by atoms with Gasteiger partial charge in [-0.2, -0.15) is 0 Å². The van der Waals surface area contributed by atoms with E-state index in [9.17, 15) is 0 Å². The Bertz CT molecular complexity index is 488. The van der Waals surface area contributed by atoms with Gasteiger partial charge in [-0.25, -0.2) is 0 Å². The van der Waals surface area contributed by atoms with E-state index >= 15 is 0 Å². The van der Waals surface area contributed by atoms with Crippen molar-refractivity contribution in [3.63, 3.8) is 0 Å². The number of aryl methyl sites for hydroxylation is 1. The summed E-state index contributed by atoms with van der Waals surface area (Å²) in [5.41, 5.74) is 9.29. The van der Waals surface area contributed by atoms with Crippen LogP contribution in [0.3, 0.4) is 0 Å². The SMILES string of the molecule is CCn1c(COC)cc2cc(CN)ccc21. The second-order valence-corrected chi connectivity index (χ2v) is 3.91. The molecule has 3 heteroatoms. The molecule has 16 heavy (non-hydrogen) atoms. The molecule has 86 valence electrons. The number of nitrogens with two attached hydrogens (primary N) is 1. The first-order valence-corrected chi connectivity index (χ1v) is 5.60. The Hall–Kier alpha value is -1.32. The largest absolute Gasteiger partial charge is 0.378 e. The number of benzene rings is 1. The summed E-state index contributed by atoms with van der Waals surface area (Å²) >= 11 is 0. The fourth-order valence-electron chi connectivity index (χ4n) is 2.15. The maximum absolute atomic E-state index is 5.65. The van der Waals surface area contributed by atoms with E-state index in [4.69, 9.17) is 10.5 Å². The molecule has 2 N–H and O–H groups in total. The van der Waals surface area contributed by atoms with Gasteiger partial charge in [0.05, 0.1) is 6.61 Å². The van der Waals surface area contributed by atoms with Crippen molar-refractivity contribution < 1.29 is 4.74 Å². The van der Waals surface area contributed by atoms with E-state index in [1.807, 2.05) is 0 Å². The van der Waals surface area contributed by atoms with Crippen molar-refractivity contribution in [2.75, 3.05) is 7.11 Å². The lowest BCUT2D eigenvalue weighted by atomic mass is 10.1. The Balaban J connectivity index is 2.57. The molecule has 0 unspecified atom stereocenters. The Morgan fingerprint density at radius 3 is 2.75 bits per heavy atom. The summed E-state index contributed by atoms with van der Waals surface area (Å²) in [6.45, 7) is 4.35. The lowest BCUT2D eigenvalue weighted by Gasteiger charge is -2.06. The van der Waals surface area contributed by atoms with E-state index in [1.54, 1.807) is 7.11 Å². The van der Waals surface area contributed by atoms with E-state index < -0.39 is 0 Å². The Labute approximate surface area is 95.8 Å². The zero-order chi connectivity index (χ0) is 11.5. The fraction of sp³-hybridized carbons (Fsp3) is 0.385. The molecule has 0 aliphatic carbocycles. The van der Waals surface area contributed by atoms with E-state index in [-0.39, 0.29) is 0 Å². The van der Waals surface area contributed by atoms with E-state index in [0.717, 1.165) is 6.54 Å². The first kappa shape index (κ1) is 11.2. The molecule has 2 rings (SSSR count). The summed E-state index contributed by atoms with van der Waals surface area (Å²) in [5.74, 6) is 0. The highest BCUT2D eigenvalue weighted by Crippen LogP contribution is 2.21. The minimum Gasteiger partial charge on any atom is -0.378 e. The first-order valence-electron chi connectivity index (χ1n) is 5.60. The van der Waals surface area contributed by atoms with Gasteiger partial charge in [0.1, 0.15) is 0 Å². The maximum atomic E-state index is 5.65. The van der Waals surface area contributed by atoms with Crippen LogP contribution in [0, 0.1) is 0 Å². The molecule has 0 aliphatic heterocycles. The minimum absolute atomic E-state index is 0.590. The third-order valence-corrected chi connectivity index (χ3v) is 2.90. The van der Waals surface area contributed by atoms with Crippen molar-refractivity contribution >= 4 is 10.9 Å². The number of hydrogen-bond acceptors (Lipinski definition) is 2. The van der Waals surface area contributed by atoms with Crippen LogP contribution >= 0.6 is 0 Å². The van der Waals surface area contributed by atoms with E-state index in [1.165, 1.54) is 22.2 Å². The highest BCUT2D eigenvalue weighted by atomic mass is 16.5. The van der Waals surface area contributed by atoms with Crippen molar-refractivity contribution in [2.45, 2.75) is 26.6 Å². The van der Waals surface area contributed by atoms with E-state index in [0.29, 0.717) is 13.2 Å². The van der Waals surface area contributed by atoms with Gasteiger partial charge in [0.25, 0.3) is 0 Å². The average molecular weight is 218 g/mol. The third kappa shape index (κ3) is 1.84. The smallest absolute Gasteiger partial charge is 0.0864 e. The van der Waals surface area contributed by atoms with Gasteiger partial charge in [0, 0.05) is 36.8 Å². The van der Waals surface area contributed by atoms with Gasteiger partial charge in [0.15, 0.2) is 0 Å². The van der Waals surface area contributed by atoms with Crippen LogP contribution in [0.25, 0.3) is 10.9 Å². The zero-order valence-electron chi connectivity index (χ0n) is 9.86. The predicted octanol–water partition coefficient (Wildman–Crippen LogP) is 2.27. The highest BCUT2D eigenvalue weighted by Gasteiger charge is 2.07. The number of nitrogens with zero attached hydrogens (tertiary/aromatic N) is 1. The van der Waals surface area contributed by atoms with Gasteiger partial charge in [-0.1, -0.05) is 6.07 Å². The predicted molar refractivity (Wildman–Crippen MR) is 66.2 cm³/mol. The van der Waals surface area contributed by atoms with Crippen LogP contribution < -0.4 is 5.73 Å². The molecule has 0 spiro atoms. The van der Waals surface area contributed by atoms with Crippen molar-refractivity contribution in [3.8, 4) is 0 Å². The van der Waals surface area contributed by atoms with Gasteiger partial charge >= 0.3 is 0 Å². The molecule has 0 radical (unpaired) electrons. The summed E-state index contributed by atoms with van der Waals surface area (Å²) in [6.07, 6.45) is 0. The summed E-state index contributed by atoms with van der Waals surface area (Å²) in [6, 6.07) is 8.56. The van der Waals surface area contributed by atoms with Crippen molar-refractivity contribution in [1.29, 1.82) is 0 Å². The van der Waals surface area contributed by atoms with Crippen molar-refractivity contribution in [3.05, 3.63) is 35.5 Å². The number of aromatic nitrogens is 1. The van der Waals surface area contributed by atoms with Gasteiger partial charge in [-0.3, -0.25) is 0 Å². The Kier molecular flexibility index (Phi) is 3.27. The van der Waals surface area contributed by atoms with Gasteiger partial charge in [-0.05, 0) is 30.7 Å². The normalized spacial score (nSPS) is 11.2. The van der Waals surface area contributed by atoms with Gasteiger partial charge in [0.2, 0.25) is 0 Å². The molecule has 0 atom stereocenters. The summed E-state index contributed by atoms with van der Waals surface area (Å²) < 4.78 is 7.49. The molecule has 1 aromatic carbocycles. The van der Waals surface area contributed by atoms with Crippen LogP contribution in [0.4, 0.5) is 0 Å². The number of ether oxygens (including phenoxy) is 1. The molecular weight excluding hydrogens is 200 g/mol. The number of hydrogen-bond donors (Lipinski definition) is 1. The zero-order valence-corrected chi connectivity index (χ0v) is 9.86. The van der Waals surface area contributed by atoms with Crippen LogP contribution in [0.15, 0.2) is 24.3 Å². The molecule has 0 bridgehead atoms. The lowest BCUT2D eigenvalue weighted by molar-refractivity contribution is 0.178. The fourth-order valence-corrected chi connectivity index (χ4v) is 2.15.